The van der Waals surface area contributed by atoms with E-state index in [9.17, 15) is 4.79 Å². The molecule has 0 aliphatic carbocycles. The van der Waals surface area contributed by atoms with Gasteiger partial charge in [-0.2, -0.15) is 0 Å². The number of hydrogen-bond acceptors (Lipinski definition) is 4. The summed E-state index contributed by atoms with van der Waals surface area (Å²) in [4.78, 5) is 12.7. The van der Waals surface area contributed by atoms with Crippen LogP contribution in [-0.4, -0.2) is 17.7 Å². The average molecular weight is 358 g/mol. The number of fused-ring (bicyclic) bond motifs is 1. The van der Waals surface area contributed by atoms with Gasteiger partial charge in [-0.25, -0.2) is 0 Å². The van der Waals surface area contributed by atoms with Crippen LogP contribution >= 0.6 is 23.2 Å². The van der Waals surface area contributed by atoms with Crippen molar-refractivity contribution in [2.75, 3.05) is 13.2 Å². The number of benzene rings is 1. The van der Waals surface area contributed by atoms with Crippen LogP contribution in [-0.2, 0) is 13.1 Å². The second-order valence-corrected chi connectivity index (χ2v) is 6.05. The maximum absolute atomic E-state index is 12.7. The van der Waals surface area contributed by atoms with E-state index in [1.807, 2.05) is 0 Å². The SMILES string of the molecule is CCCCOc1c(CN)n(CCN)c(=O)c2cc(Cl)c(Cl)cc12. The number of nitrogens with two attached hydrogens (primary N) is 2. The highest BCUT2D eigenvalue weighted by Crippen LogP contribution is 2.34. The van der Waals surface area contributed by atoms with E-state index in [1.165, 1.54) is 0 Å². The van der Waals surface area contributed by atoms with Gasteiger partial charge in [-0.1, -0.05) is 36.5 Å². The third-order valence-corrected chi connectivity index (χ3v) is 4.38. The van der Waals surface area contributed by atoms with E-state index in [0.29, 0.717) is 52.0 Å². The van der Waals surface area contributed by atoms with Crippen molar-refractivity contribution >= 4 is 34.0 Å². The first-order valence-electron chi connectivity index (χ1n) is 7.62. The average Bonchev–Trinajstić information content (AvgIpc) is 2.53. The highest BCUT2D eigenvalue weighted by Gasteiger charge is 2.18. The molecular weight excluding hydrogens is 337 g/mol. The van der Waals surface area contributed by atoms with Gasteiger partial charge in [0.05, 0.1) is 27.7 Å². The Bertz CT molecular complexity index is 759. The second kappa shape index (κ2) is 8.02. The smallest absolute Gasteiger partial charge is 0.259 e. The van der Waals surface area contributed by atoms with Crippen LogP contribution in [0.4, 0.5) is 0 Å². The molecule has 4 N–H and O–H groups in total. The minimum absolute atomic E-state index is 0.173. The number of pyridine rings is 1. The summed E-state index contributed by atoms with van der Waals surface area (Å²) in [5.41, 5.74) is 11.9. The van der Waals surface area contributed by atoms with E-state index in [1.54, 1.807) is 16.7 Å². The predicted octanol–water partition coefficient (Wildman–Crippen LogP) is 2.90. The van der Waals surface area contributed by atoms with Gasteiger partial charge in [-0.15, -0.1) is 0 Å². The molecule has 1 aromatic heterocycles. The molecule has 7 heteroatoms. The molecule has 5 nitrogen and oxygen atoms in total. The number of hydrogen-bond donors (Lipinski definition) is 2. The van der Waals surface area contributed by atoms with Gasteiger partial charge >= 0.3 is 0 Å². The summed E-state index contributed by atoms with van der Waals surface area (Å²) in [5.74, 6) is 0.586. The van der Waals surface area contributed by atoms with Gasteiger partial charge in [0.2, 0.25) is 0 Å². The molecule has 0 bridgehead atoms. The lowest BCUT2D eigenvalue weighted by atomic mass is 10.1. The minimum atomic E-state index is -0.188. The normalized spacial score (nSPS) is 11.2. The van der Waals surface area contributed by atoms with Gasteiger partial charge in [-0.05, 0) is 18.6 Å². The van der Waals surface area contributed by atoms with E-state index in [2.05, 4.69) is 6.92 Å². The molecule has 0 aliphatic heterocycles. The topological polar surface area (TPSA) is 83.3 Å². The predicted molar refractivity (Wildman–Crippen MR) is 95.6 cm³/mol. The highest BCUT2D eigenvalue weighted by molar-refractivity contribution is 6.42. The molecule has 0 atom stereocenters. The number of rotatable bonds is 7. The molecule has 2 aromatic rings. The molecule has 0 aliphatic rings. The van der Waals surface area contributed by atoms with Crippen LogP contribution in [0.25, 0.3) is 10.8 Å². The zero-order valence-corrected chi connectivity index (χ0v) is 14.6. The van der Waals surface area contributed by atoms with E-state index >= 15 is 0 Å². The van der Waals surface area contributed by atoms with Gasteiger partial charge in [-0.3, -0.25) is 4.79 Å². The fourth-order valence-corrected chi connectivity index (χ4v) is 2.83. The molecule has 0 fully saturated rings. The highest BCUT2D eigenvalue weighted by atomic mass is 35.5. The number of aromatic nitrogens is 1. The largest absolute Gasteiger partial charge is 0.491 e. The first-order chi connectivity index (χ1) is 11.0. The van der Waals surface area contributed by atoms with Crippen molar-refractivity contribution in [3.63, 3.8) is 0 Å². The first-order valence-corrected chi connectivity index (χ1v) is 8.38. The van der Waals surface area contributed by atoms with Gasteiger partial charge < -0.3 is 20.8 Å². The number of ether oxygens (including phenoxy) is 1. The Morgan fingerprint density at radius 2 is 1.83 bits per heavy atom. The molecular formula is C16H21Cl2N3O2. The summed E-state index contributed by atoms with van der Waals surface area (Å²) in [7, 11) is 0. The van der Waals surface area contributed by atoms with Crippen molar-refractivity contribution in [1.29, 1.82) is 0 Å². The Hall–Kier alpha value is -1.27. The molecule has 0 radical (unpaired) electrons. The molecule has 23 heavy (non-hydrogen) atoms. The molecule has 0 saturated heterocycles. The number of nitrogens with zero attached hydrogens (tertiary/aromatic N) is 1. The van der Waals surface area contributed by atoms with Crippen LogP contribution in [0.15, 0.2) is 16.9 Å². The standard InChI is InChI=1S/C16H21Cl2N3O2/c1-2-3-6-23-15-10-7-12(17)13(18)8-11(10)16(22)21(5-4-19)14(15)9-20/h7-8H,2-6,9,19-20H2,1H3. The lowest BCUT2D eigenvalue weighted by Crippen LogP contribution is -2.29. The summed E-state index contributed by atoms with van der Waals surface area (Å²) in [6.07, 6.45) is 1.91. The summed E-state index contributed by atoms with van der Waals surface area (Å²) in [6.45, 7) is 3.49. The van der Waals surface area contributed by atoms with Crippen molar-refractivity contribution in [1.82, 2.24) is 4.57 Å². The van der Waals surface area contributed by atoms with Gasteiger partial charge in [0.25, 0.3) is 5.56 Å². The molecule has 0 amide bonds. The van der Waals surface area contributed by atoms with Crippen LogP contribution in [0.3, 0.4) is 0 Å². The molecule has 1 heterocycles. The lowest BCUT2D eigenvalue weighted by molar-refractivity contribution is 0.305. The molecule has 1 aromatic carbocycles. The minimum Gasteiger partial charge on any atom is -0.491 e. The number of halogens is 2. The Balaban J connectivity index is 2.77. The fourth-order valence-electron chi connectivity index (χ4n) is 2.51. The van der Waals surface area contributed by atoms with Crippen LogP contribution in [0.2, 0.25) is 10.0 Å². The molecule has 126 valence electrons. The van der Waals surface area contributed by atoms with Gasteiger partial charge in [0.1, 0.15) is 5.75 Å². The Morgan fingerprint density at radius 3 is 2.39 bits per heavy atom. The molecule has 2 rings (SSSR count). The number of unbranched alkanes of at least 4 members (excludes halogenated alkanes) is 1. The monoisotopic (exact) mass is 357 g/mol. The summed E-state index contributed by atoms with van der Waals surface area (Å²) < 4.78 is 7.50. The van der Waals surface area contributed by atoms with Crippen molar-refractivity contribution in [3.8, 4) is 5.75 Å². The van der Waals surface area contributed by atoms with Crippen LogP contribution < -0.4 is 21.8 Å². The van der Waals surface area contributed by atoms with Crippen molar-refractivity contribution in [2.24, 2.45) is 11.5 Å². The van der Waals surface area contributed by atoms with E-state index < -0.39 is 0 Å². The third kappa shape index (κ3) is 3.63. The Labute approximate surface area is 145 Å². The van der Waals surface area contributed by atoms with Crippen LogP contribution in [0, 0.1) is 0 Å². The van der Waals surface area contributed by atoms with Gasteiger partial charge in [0, 0.05) is 25.0 Å². The quantitative estimate of drug-likeness (QED) is 0.746. The van der Waals surface area contributed by atoms with Crippen LogP contribution in [0.1, 0.15) is 25.5 Å². The van der Waals surface area contributed by atoms with Crippen molar-refractivity contribution < 1.29 is 4.74 Å². The van der Waals surface area contributed by atoms with Gasteiger partial charge in [0.15, 0.2) is 0 Å². The maximum atomic E-state index is 12.7. The molecule has 0 saturated carbocycles. The van der Waals surface area contributed by atoms with E-state index in [4.69, 9.17) is 39.4 Å². The van der Waals surface area contributed by atoms with Crippen molar-refractivity contribution in [2.45, 2.75) is 32.9 Å². The summed E-state index contributed by atoms with van der Waals surface area (Å²) in [5, 5.41) is 1.79. The van der Waals surface area contributed by atoms with Crippen molar-refractivity contribution in [3.05, 3.63) is 38.2 Å². The lowest BCUT2D eigenvalue weighted by Gasteiger charge is -2.19. The van der Waals surface area contributed by atoms with E-state index in [0.717, 1.165) is 12.8 Å². The summed E-state index contributed by atoms with van der Waals surface area (Å²) in [6, 6.07) is 3.23. The Kier molecular flexibility index (Phi) is 6.30. The molecule has 0 unspecified atom stereocenters. The zero-order chi connectivity index (χ0) is 17.0. The van der Waals surface area contributed by atoms with E-state index in [-0.39, 0.29) is 12.1 Å². The Morgan fingerprint density at radius 1 is 1.17 bits per heavy atom. The summed E-state index contributed by atoms with van der Waals surface area (Å²) >= 11 is 12.2. The zero-order valence-electron chi connectivity index (χ0n) is 13.1. The third-order valence-electron chi connectivity index (χ3n) is 3.66. The second-order valence-electron chi connectivity index (χ2n) is 5.24. The first kappa shape index (κ1) is 18.1. The maximum Gasteiger partial charge on any atom is 0.259 e. The van der Waals surface area contributed by atoms with Crippen LogP contribution in [0.5, 0.6) is 5.75 Å². The molecule has 0 spiro atoms. The fraction of sp³-hybridized carbons (Fsp3) is 0.438.